The summed E-state index contributed by atoms with van der Waals surface area (Å²) in [5, 5.41) is 13.2. The van der Waals surface area contributed by atoms with Gasteiger partial charge in [0.25, 0.3) is 0 Å². The highest BCUT2D eigenvalue weighted by molar-refractivity contribution is 6.28. The van der Waals surface area contributed by atoms with Crippen LogP contribution >= 0.6 is 11.6 Å². The topological polar surface area (TPSA) is 58.0 Å². The molecule has 1 fully saturated rings. The van der Waals surface area contributed by atoms with E-state index in [2.05, 4.69) is 15.3 Å². The van der Waals surface area contributed by atoms with Crippen molar-refractivity contribution in [2.75, 3.05) is 11.9 Å². The molecule has 0 bridgehead atoms. The van der Waals surface area contributed by atoms with Crippen LogP contribution in [0.15, 0.2) is 6.20 Å². The van der Waals surface area contributed by atoms with E-state index in [0.29, 0.717) is 5.92 Å². The van der Waals surface area contributed by atoms with Gasteiger partial charge in [-0.2, -0.15) is 0 Å². The van der Waals surface area contributed by atoms with E-state index in [-0.39, 0.29) is 11.4 Å². The summed E-state index contributed by atoms with van der Waals surface area (Å²) in [4.78, 5) is 8.08. The number of anilines is 1. The first-order valence-electron chi connectivity index (χ1n) is 6.06. The number of aliphatic hydroxyl groups excluding tert-OH is 1. The van der Waals surface area contributed by atoms with E-state index in [1.54, 1.807) is 6.20 Å². The normalized spacial score (nSPS) is 24.6. The lowest BCUT2D eigenvalue weighted by Gasteiger charge is -2.26. The van der Waals surface area contributed by atoms with E-state index in [4.69, 9.17) is 11.6 Å². The number of rotatable bonds is 3. The Morgan fingerprint density at radius 2 is 2.35 bits per heavy atom. The third-order valence-electron chi connectivity index (χ3n) is 3.26. The van der Waals surface area contributed by atoms with Gasteiger partial charge in [-0.05, 0) is 43.7 Å². The summed E-state index contributed by atoms with van der Waals surface area (Å²) in [6.45, 7) is 2.79. The summed E-state index contributed by atoms with van der Waals surface area (Å²) in [5.74, 6) is 1.32. The van der Waals surface area contributed by atoms with Crippen molar-refractivity contribution >= 4 is 17.4 Å². The largest absolute Gasteiger partial charge is 0.393 e. The van der Waals surface area contributed by atoms with Crippen molar-refractivity contribution in [2.24, 2.45) is 5.92 Å². The van der Waals surface area contributed by atoms with Crippen LogP contribution in [0.3, 0.4) is 0 Å². The Balaban J connectivity index is 1.90. The molecule has 1 aromatic rings. The van der Waals surface area contributed by atoms with Crippen LogP contribution in [0.1, 0.15) is 31.2 Å². The third-order valence-corrected chi connectivity index (χ3v) is 3.44. The van der Waals surface area contributed by atoms with Crippen LogP contribution in [0, 0.1) is 12.8 Å². The molecule has 0 aliphatic heterocycles. The van der Waals surface area contributed by atoms with Gasteiger partial charge in [0.2, 0.25) is 5.28 Å². The second kappa shape index (κ2) is 5.65. The molecule has 17 heavy (non-hydrogen) atoms. The first kappa shape index (κ1) is 12.6. The van der Waals surface area contributed by atoms with Crippen molar-refractivity contribution in [3.63, 3.8) is 0 Å². The molecular weight excluding hydrogens is 238 g/mol. The van der Waals surface area contributed by atoms with E-state index in [0.717, 1.165) is 37.2 Å². The number of aliphatic hydroxyl groups is 1. The Morgan fingerprint density at radius 3 is 3.12 bits per heavy atom. The van der Waals surface area contributed by atoms with Crippen molar-refractivity contribution in [1.82, 2.24) is 9.97 Å². The molecule has 0 spiro atoms. The lowest BCUT2D eigenvalue weighted by molar-refractivity contribution is 0.104. The van der Waals surface area contributed by atoms with Crippen LogP contribution in [-0.2, 0) is 0 Å². The van der Waals surface area contributed by atoms with Crippen molar-refractivity contribution < 1.29 is 5.11 Å². The fourth-order valence-corrected chi connectivity index (χ4v) is 2.42. The lowest BCUT2D eigenvalue weighted by Crippen LogP contribution is -2.25. The summed E-state index contributed by atoms with van der Waals surface area (Å²) in [6.07, 6.45) is 5.68. The van der Waals surface area contributed by atoms with Gasteiger partial charge in [-0.3, -0.25) is 0 Å². The minimum atomic E-state index is -0.134. The Labute approximate surface area is 106 Å². The quantitative estimate of drug-likeness (QED) is 0.815. The lowest BCUT2D eigenvalue weighted by atomic mass is 9.87. The second-order valence-electron chi connectivity index (χ2n) is 4.74. The molecule has 4 nitrogen and oxygen atoms in total. The zero-order valence-corrected chi connectivity index (χ0v) is 10.7. The molecule has 1 heterocycles. The Bertz CT molecular complexity index is 386. The van der Waals surface area contributed by atoms with E-state index < -0.39 is 0 Å². The van der Waals surface area contributed by atoms with Crippen LogP contribution < -0.4 is 5.32 Å². The predicted molar refractivity (Wildman–Crippen MR) is 68.2 cm³/mol. The Hall–Kier alpha value is -0.870. The Kier molecular flexibility index (Phi) is 4.18. The maximum Gasteiger partial charge on any atom is 0.224 e. The molecule has 5 heteroatoms. The third kappa shape index (κ3) is 3.54. The number of nitrogens with zero attached hydrogens (tertiary/aromatic N) is 2. The van der Waals surface area contributed by atoms with Crippen LogP contribution in [-0.4, -0.2) is 27.7 Å². The first-order valence-corrected chi connectivity index (χ1v) is 6.44. The van der Waals surface area contributed by atoms with Gasteiger partial charge >= 0.3 is 0 Å². The molecule has 1 aromatic heterocycles. The zero-order valence-electron chi connectivity index (χ0n) is 9.99. The monoisotopic (exact) mass is 255 g/mol. The van der Waals surface area contributed by atoms with Crippen molar-refractivity contribution in [3.8, 4) is 0 Å². The van der Waals surface area contributed by atoms with Gasteiger partial charge < -0.3 is 10.4 Å². The smallest absolute Gasteiger partial charge is 0.224 e. The molecule has 2 atom stereocenters. The number of nitrogens with one attached hydrogen (secondary N) is 1. The molecule has 0 radical (unpaired) electrons. The molecule has 0 amide bonds. The minimum Gasteiger partial charge on any atom is -0.393 e. The van der Waals surface area contributed by atoms with Gasteiger partial charge in [0.05, 0.1) is 6.10 Å². The number of hydrogen-bond acceptors (Lipinski definition) is 4. The fourth-order valence-electron chi connectivity index (χ4n) is 2.29. The van der Waals surface area contributed by atoms with Gasteiger partial charge in [-0.15, -0.1) is 0 Å². The van der Waals surface area contributed by atoms with Gasteiger partial charge in [-0.25, -0.2) is 9.97 Å². The standard InChI is InChI=1S/C12H18ClN3O/c1-8-6-15-12(13)16-11(8)14-7-9-3-2-4-10(17)5-9/h6,9-10,17H,2-5,7H2,1H3,(H,14,15,16). The van der Waals surface area contributed by atoms with E-state index in [9.17, 15) is 5.11 Å². The molecule has 0 saturated heterocycles. The molecule has 2 rings (SSSR count). The molecule has 94 valence electrons. The van der Waals surface area contributed by atoms with Gasteiger partial charge in [0.1, 0.15) is 5.82 Å². The van der Waals surface area contributed by atoms with E-state index in [1.165, 1.54) is 6.42 Å². The number of hydrogen-bond donors (Lipinski definition) is 2. The second-order valence-corrected chi connectivity index (χ2v) is 5.08. The average Bonchev–Trinajstić information content (AvgIpc) is 2.30. The van der Waals surface area contributed by atoms with Crippen molar-refractivity contribution in [1.29, 1.82) is 0 Å². The van der Waals surface area contributed by atoms with Gasteiger partial charge in [-0.1, -0.05) is 6.42 Å². The maximum absolute atomic E-state index is 9.60. The molecule has 2 unspecified atom stereocenters. The maximum atomic E-state index is 9.60. The predicted octanol–water partition coefficient (Wildman–Crippen LogP) is 2.40. The van der Waals surface area contributed by atoms with Crippen molar-refractivity contribution in [3.05, 3.63) is 17.0 Å². The van der Waals surface area contributed by atoms with E-state index >= 15 is 0 Å². The summed E-state index contributed by atoms with van der Waals surface area (Å²) in [5.41, 5.74) is 0.991. The summed E-state index contributed by atoms with van der Waals surface area (Å²) in [6, 6.07) is 0. The number of aromatic nitrogens is 2. The number of aryl methyl sites for hydroxylation is 1. The van der Waals surface area contributed by atoms with Crippen LogP contribution in [0.2, 0.25) is 5.28 Å². The summed E-state index contributed by atoms with van der Waals surface area (Å²) < 4.78 is 0. The molecule has 0 aromatic carbocycles. The van der Waals surface area contributed by atoms with Crippen LogP contribution in [0.4, 0.5) is 5.82 Å². The highest BCUT2D eigenvalue weighted by atomic mass is 35.5. The highest BCUT2D eigenvalue weighted by Gasteiger charge is 2.20. The van der Waals surface area contributed by atoms with Gasteiger partial charge in [0.15, 0.2) is 0 Å². The highest BCUT2D eigenvalue weighted by Crippen LogP contribution is 2.24. The van der Waals surface area contributed by atoms with Crippen LogP contribution in [0.25, 0.3) is 0 Å². The summed E-state index contributed by atoms with van der Waals surface area (Å²) >= 11 is 5.76. The van der Waals surface area contributed by atoms with Gasteiger partial charge in [0, 0.05) is 18.3 Å². The Morgan fingerprint density at radius 1 is 1.53 bits per heavy atom. The summed E-state index contributed by atoms with van der Waals surface area (Å²) in [7, 11) is 0. The average molecular weight is 256 g/mol. The SMILES string of the molecule is Cc1cnc(Cl)nc1NCC1CCCC(O)C1. The van der Waals surface area contributed by atoms with E-state index in [1.807, 2.05) is 6.92 Å². The molecule has 1 saturated carbocycles. The first-order chi connectivity index (χ1) is 8.15. The minimum absolute atomic E-state index is 0.134. The number of halogens is 1. The molecule has 1 aliphatic rings. The molecule has 1 aliphatic carbocycles. The zero-order chi connectivity index (χ0) is 12.3. The van der Waals surface area contributed by atoms with Crippen LogP contribution in [0.5, 0.6) is 0 Å². The fraction of sp³-hybridized carbons (Fsp3) is 0.667. The van der Waals surface area contributed by atoms with Crippen molar-refractivity contribution in [2.45, 2.75) is 38.7 Å². The molecular formula is C12H18ClN3O. The molecule has 2 N–H and O–H groups in total.